The third-order valence-corrected chi connectivity index (χ3v) is 5.09. The van der Waals surface area contributed by atoms with Crippen molar-refractivity contribution in [1.29, 1.82) is 0 Å². The molecule has 0 fully saturated rings. The summed E-state index contributed by atoms with van der Waals surface area (Å²) in [7, 11) is 1.62. The number of carbonyl (C=O) groups excluding carboxylic acids is 1. The number of methoxy groups -OCH3 is 1. The number of nitrogens with one attached hydrogen (secondary N) is 1. The second kappa shape index (κ2) is 8.49. The Bertz CT molecular complexity index is 941. The van der Waals surface area contributed by atoms with Crippen molar-refractivity contribution in [1.82, 2.24) is 9.55 Å². The Labute approximate surface area is 159 Å². The van der Waals surface area contributed by atoms with Gasteiger partial charge < -0.3 is 14.6 Å². The summed E-state index contributed by atoms with van der Waals surface area (Å²) in [6.07, 6.45) is 0. The number of fused-ring (bicyclic) bond motifs is 1. The number of ether oxygens (including phenoxy) is 1. The summed E-state index contributed by atoms with van der Waals surface area (Å²) in [5, 5.41) is 2.36. The van der Waals surface area contributed by atoms with Gasteiger partial charge in [0.15, 0.2) is 5.16 Å². The lowest BCUT2D eigenvalue weighted by atomic mass is 10.3. The SMILES string of the molecule is COCCn1c(SC(C)C(=O)Nc2c(F)cccc2F)nc2ccccc21. The predicted molar refractivity (Wildman–Crippen MR) is 102 cm³/mol. The fraction of sp³-hybridized carbons (Fsp3) is 0.263. The first kappa shape index (κ1) is 19.3. The number of rotatable bonds is 7. The highest BCUT2D eigenvalue weighted by molar-refractivity contribution is 8.00. The second-order valence-corrected chi connectivity index (χ2v) is 7.18. The number of carbonyl (C=O) groups is 1. The molecule has 142 valence electrons. The van der Waals surface area contributed by atoms with Gasteiger partial charge in [0.25, 0.3) is 0 Å². The number of thioether (sulfide) groups is 1. The fourth-order valence-electron chi connectivity index (χ4n) is 2.60. The largest absolute Gasteiger partial charge is 0.383 e. The molecule has 1 N–H and O–H groups in total. The summed E-state index contributed by atoms with van der Waals surface area (Å²) >= 11 is 1.22. The van der Waals surface area contributed by atoms with Gasteiger partial charge in [-0.15, -0.1) is 0 Å². The van der Waals surface area contributed by atoms with Gasteiger partial charge in [0, 0.05) is 13.7 Å². The highest BCUT2D eigenvalue weighted by atomic mass is 32.2. The molecule has 1 heterocycles. The quantitative estimate of drug-likeness (QED) is 0.617. The summed E-state index contributed by atoms with van der Waals surface area (Å²) in [6.45, 7) is 2.74. The van der Waals surface area contributed by atoms with E-state index >= 15 is 0 Å². The van der Waals surface area contributed by atoms with Gasteiger partial charge in [0.1, 0.15) is 17.3 Å². The van der Waals surface area contributed by atoms with Gasteiger partial charge in [0.05, 0.1) is 22.9 Å². The van der Waals surface area contributed by atoms with E-state index in [0.29, 0.717) is 18.3 Å². The maximum absolute atomic E-state index is 13.8. The number of anilines is 1. The lowest BCUT2D eigenvalue weighted by Crippen LogP contribution is -2.24. The first-order chi connectivity index (χ1) is 13.0. The van der Waals surface area contributed by atoms with Gasteiger partial charge in [0.2, 0.25) is 5.91 Å². The van der Waals surface area contributed by atoms with Crippen LogP contribution in [0.15, 0.2) is 47.6 Å². The molecule has 5 nitrogen and oxygen atoms in total. The van der Waals surface area contributed by atoms with Crippen LogP contribution in [-0.4, -0.2) is 34.4 Å². The number of para-hydroxylation sites is 3. The topological polar surface area (TPSA) is 56.1 Å². The van der Waals surface area contributed by atoms with E-state index in [1.165, 1.54) is 17.8 Å². The Hall–Kier alpha value is -2.45. The molecule has 1 unspecified atom stereocenters. The van der Waals surface area contributed by atoms with Crippen LogP contribution in [0, 0.1) is 11.6 Å². The van der Waals surface area contributed by atoms with E-state index in [2.05, 4.69) is 10.3 Å². The van der Waals surface area contributed by atoms with Crippen LogP contribution in [0.25, 0.3) is 11.0 Å². The summed E-state index contributed by atoms with van der Waals surface area (Å²) in [5.41, 5.74) is 1.30. The van der Waals surface area contributed by atoms with Crippen molar-refractivity contribution in [2.45, 2.75) is 23.9 Å². The normalized spacial score (nSPS) is 12.3. The standard InChI is InChI=1S/C19H19F2N3O2S/c1-12(18(25)23-17-13(20)6-5-7-14(17)21)27-19-22-15-8-3-4-9-16(15)24(19)10-11-26-2/h3-9,12H,10-11H2,1-2H3,(H,23,25). The lowest BCUT2D eigenvalue weighted by Gasteiger charge is -2.14. The van der Waals surface area contributed by atoms with Crippen LogP contribution in [0.4, 0.5) is 14.5 Å². The van der Waals surface area contributed by atoms with E-state index in [-0.39, 0.29) is 0 Å². The molecular formula is C19H19F2N3O2S. The average Bonchev–Trinajstić information content (AvgIpc) is 3.00. The van der Waals surface area contributed by atoms with Crippen LogP contribution >= 0.6 is 11.8 Å². The van der Waals surface area contributed by atoms with Gasteiger partial charge in [-0.25, -0.2) is 13.8 Å². The molecule has 0 aliphatic carbocycles. The highest BCUT2D eigenvalue weighted by Gasteiger charge is 2.21. The number of imidazole rings is 1. The molecule has 3 aromatic rings. The van der Waals surface area contributed by atoms with Crippen molar-refractivity contribution >= 4 is 34.4 Å². The first-order valence-electron chi connectivity index (χ1n) is 8.37. The third-order valence-electron chi connectivity index (χ3n) is 4.00. The number of hydrogen-bond donors (Lipinski definition) is 1. The fourth-order valence-corrected chi connectivity index (χ4v) is 3.55. The minimum absolute atomic E-state index is 0.442. The Morgan fingerprint density at radius 3 is 2.63 bits per heavy atom. The van der Waals surface area contributed by atoms with Crippen molar-refractivity contribution in [3.8, 4) is 0 Å². The van der Waals surface area contributed by atoms with E-state index < -0.39 is 28.5 Å². The van der Waals surface area contributed by atoms with Crippen LogP contribution in [0.2, 0.25) is 0 Å². The van der Waals surface area contributed by atoms with E-state index in [0.717, 1.165) is 23.2 Å². The van der Waals surface area contributed by atoms with Crippen molar-refractivity contribution in [2.75, 3.05) is 19.0 Å². The molecule has 1 amide bonds. The molecule has 3 rings (SSSR count). The molecule has 0 saturated heterocycles. The molecule has 0 bridgehead atoms. The van der Waals surface area contributed by atoms with E-state index in [1.54, 1.807) is 14.0 Å². The van der Waals surface area contributed by atoms with Crippen molar-refractivity contribution in [3.63, 3.8) is 0 Å². The highest BCUT2D eigenvalue weighted by Crippen LogP contribution is 2.28. The minimum atomic E-state index is -0.812. The zero-order valence-electron chi connectivity index (χ0n) is 14.9. The van der Waals surface area contributed by atoms with Crippen molar-refractivity contribution < 1.29 is 18.3 Å². The van der Waals surface area contributed by atoms with Crippen LogP contribution in [0.3, 0.4) is 0 Å². The second-order valence-electron chi connectivity index (χ2n) is 5.87. The average molecular weight is 391 g/mol. The molecule has 1 aromatic heterocycles. The maximum Gasteiger partial charge on any atom is 0.237 e. The minimum Gasteiger partial charge on any atom is -0.383 e. The zero-order chi connectivity index (χ0) is 19.4. The molecule has 1 atom stereocenters. The van der Waals surface area contributed by atoms with Gasteiger partial charge in [-0.2, -0.15) is 0 Å². The molecular weight excluding hydrogens is 372 g/mol. The number of benzene rings is 2. The first-order valence-corrected chi connectivity index (χ1v) is 9.25. The Balaban J connectivity index is 1.80. The van der Waals surface area contributed by atoms with Crippen LogP contribution in [0.5, 0.6) is 0 Å². The Morgan fingerprint density at radius 2 is 1.93 bits per heavy atom. The number of aromatic nitrogens is 2. The lowest BCUT2D eigenvalue weighted by molar-refractivity contribution is -0.115. The Kier molecular flexibility index (Phi) is 6.08. The summed E-state index contributed by atoms with van der Waals surface area (Å²) in [4.78, 5) is 17.0. The third kappa shape index (κ3) is 4.28. The van der Waals surface area contributed by atoms with Crippen LogP contribution in [0.1, 0.15) is 6.92 Å². The summed E-state index contributed by atoms with van der Waals surface area (Å²) in [5.74, 6) is -2.13. The maximum atomic E-state index is 13.8. The van der Waals surface area contributed by atoms with E-state index in [1.807, 2.05) is 28.8 Å². The Morgan fingerprint density at radius 1 is 1.22 bits per heavy atom. The molecule has 0 radical (unpaired) electrons. The molecule has 0 aliphatic rings. The van der Waals surface area contributed by atoms with E-state index in [4.69, 9.17) is 4.74 Å². The van der Waals surface area contributed by atoms with Crippen molar-refractivity contribution in [3.05, 3.63) is 54.1 Å². The summed E-state index contributed by atoms with van der Waals surface area (Å²) in [6, 6.07) is 11.1. The van der Waals surface area contributed by atoms with Crippen molar-refractivity contribution in [2.24, 2.45) is 0 Å². The number of hydrogen-bond acceptors (Lipinski definition) is 4. The zero-order valence-corrected chi connectivity index (χ0v) is 15.7. The van der Waals surface area contributed by atoms with Gasteiger partial charge in [-0.3, -0.25) is 4.79 Å². The number of amides is 1. The summed E-state index contributed by atoms with van der Waals surface area (Å²) < 4.78 is 34.6. The molecule has 8 heteroatoms. The molecule has 2 aromatic carbocycles. The smallest absolute Gasteiger partial charge is 0.237 e. The van der Waals surface area contributed by atoms with Gasteiger partial charge in [-0.1, -0.05) is 30.0 Å². The monoisotopic (exact) mass is 391 g/mol. The molecule has 0 aliphatic heterocycles. The number of halogens is 2. The number of nitrogens with zero attached hydrogens (tertiary/aromatic N) is 2. The van der Waals surface area contributed by atoms with E-state index in [9.17, 15) is 13.6 Å². The molecule has 0 saturated carbocycles. The van der Waals surface area contributed by atoms with Crippen LogP contribution in [-0.2, 0) is 16.1 Å². The molecule has 27 heavy (non-hydrogen) atoms. The predicted octanol–water partition coefficient (Wildman–Crippen LogP) is 4.08. The van der Waals surface area contributed by atoms with Gasteiger partial charge in [-0.05, 0) is 31.2 Å². The molecule has 0 spiro atoms. The van der Waals surface area contributed by atoms with Crippen LogP contribution < -0.4 is 5.32 Å². The van der Waals surface area contributed by atoms with Gasteiger partial charge >= 0.3 is 0 Å².